The number of hydrogen-bond donors (Lipinski definition) is 2. The quantitative estimate of drug-likeness (QED) is 0.721. The Labute approximate surface area is 167 Å². The standard InChI is InChI=1S/C16H29N3OS2.2ClH/c20-15(11-14-12-22-8-5-17-14)18-13-16(3-1-2-4-16)19-6-9-21-10-7-19;;/h14,17H,1-13H2,(H,18,20);2*1H. The second-order valence-corrected chi connectivity index (χ2v) is 9.11. The zero-order valence-electron chi connectivity index (χ0n) is 14.3. The lowest BCUT2D eigenvalue weighted by Gasteiger charge is -2.43. The average Bonchev–Trinajstić information content (AvgIpc) is 3.05. The Hall–Kier alpha value is 0.670. The topological polar surface area (TPSA) is 44.4 Å². The molecule has 1 atom stereocenters. The predicted octanol–water partition coefficient (Wildman–Crippen LogP) is 2.40. The van der Waals surface area contributed by atoms with Gasteiger partial charge in [0, 0.05) is 67.2 Å². The van der Waals surface area contributed by atoms with Gasteiger partial charge < -0.3 is 10.6 Å². The Balaban J connectivity index is 0.00000144. The maximum absolute atomic E-state index is 12.3. The summed E-state index contributed by atoms with van der Waals surface area (Å²) >= 11 is 4.02. The molecule has 0 aromatic heterocycles. The van der Waals surface area contributed by atoms with E-state index in [4.69, 9.17) is 0 Å². The number of rotatable bonds is 5. The number of carbonyl (C=O) groups is 1. The fourth-order valence-electron chi connectivity index (χ4n) is 3.99. The molecule has 8 heteroatoms. The SMILES string of the molecule is Cl.Cl.O=C(CC1CSCCN1)NCC1(N2CCSCC2)CCCC1. The molecule has 1 unspecified atom stereocenters. The third-order valence-electron chi connectivity index (χ3n) is 5.26. The first kappa shape index (κ1) is 22.7. The van der Waals surface area contributed by atoms with E-state index in [1.165, 1.54) is 56.0 Å². The van der Waals surface area contributed by atoms with Crippen molar-refractivity contribution >= 4 is 54.2 Å². The fraction of sp³-hybridized carbons (Fsp3) is 0.938. The maximum atomic E-state index is 12.3. The second kappa shape index (κ2) is 11.4. The highest BCUT2D eigenvalue weighted by molar-refractivity contribution is 7.99. The van der Waals surface area contributed by atoms with Crippen molar-refractivity contribution in [1.82, 2.24) is 15.5 Å². The first-order valence-corrected chi connectivity index (χ1v) is 11.0. The molecule has 4 nitrogen and oxygen atoms in total. The van der Waals surface area contributed by atoms with E-state index >= 15 is 0 Å². The van der Waals surface area contributed by atoms with Gasteiger partial charge in [-0.05, 0) is 12.8 Å². The van der Waals surface area contributed by atoms with Crippen LogP contribution in [0.1, 0.15) is 32.1 Å². The van der Waals surface area contributed by atoms with Gasteiger partial charge in [-0.1, -0.05) is 12.8 Å². The predicted molar refractivity (Wildman–Crippen MR) is 111 cm³/mol. The minimum absolute atomic E-state index is 0. The lowest BCUT2D eigenvalue weighted by Crippen LogP contribution is -2.56. The Morgan fingerprint density at radius 1 is 1.12 bits per heavy atom. The Kier molecular flexibility index (Phi) is 10.8. The van der Waals surface area contributed by atoms with Gasteiger partial charge in [0.1, 0.15) is 0 Å². The van der Waals surface area contributed by atoms with Crippen LogP contribution in [0.15, 0.2) is 0 Å². The summed E-state index contributed by atoms with van der Waals surface area (Å²) in [6.07, 6.45) is 5.80. The molecule has 1 amide bonds. The summed E-state index contributed by atoms with van der Waals surface area (Å²) in [4.78, 5) is 15.0. The first-order valence-electron chi connectivity index (χ1n) is 8.69. The van der Waals surface area contributed by atoms with Crippen LogP contribution in [0.2, 0.25) is 0 Å². The van der Waals surface area contributed by atoms with Crippen LogP contribution in [0.3, 0.4) is 0 Å². The number of thioether (sulfide) groups is 2. The van der Waals surface area contributed by atoms with Crippen molar-refractivity contribution in [2.24, 2.45) is 0 Å². The van der Waals surface area contributed by atoms with Gasteiger partial charge in [0.05, 0.1) is 0 Å². The van der Waals surface area contributed by atoms with Crippen LogP contribution in [-0.2, 0) is 4.79 Å². The van der Waals surface area contributed by atoms with Crippen LogP contribution < -0.4 is 10.6 Å². The van der Waals surface area contributed by atoms with Crippen molar-refractivity contribution in [3.05, 3.63) is 0 Å². The summed E-state index contributed by atoms with van der Waals surface area (Å²) in [5.41, 5.74) is 0.255. The number of nitrogens with one attached hydrogen (secondary N) is 2. The van der Waals surface area contributed by atoms with Crippen molar-refractivity contribution in [3.63, 3.8) is 0 Å². The number of amides is 1. The molecule has 3 rings (SSSR count). The van der Waals surface area contributed by atoms with Crippen molar-refractivity contribution in [1.29, 1.82) is 0 Å². The van der Waals surface area contributed by atoms with Gasteiger partial charge in [0.2, 0.25) is 5.91 Å². The second-order valence-electron chi connectivity index (χ2n) is 6.74. The fourth-order valence-corrected chi connectivity index (χ4v) is 5.84. The van der Waals surface area contributed by atoms with Crippen molar-refractivity contribution in [3.8, 4) is 0 Å². The van der Waals surface area contributed by atoms with Gasteiger partial charge in [-0.2, -0.15) is 23.5 Å². The molecule has 2 N–H and O–H groups in total. The molecule has 0 aromatic rings. The molecule has 2 aliphatic heterocycles. The molecule has 3 fully saturated rings. The van der Waals surface area contributed by atoms with Gasteiger partial charge in [-0.15, -0.1) is 24.8 Å². The normalized spacial score (nSPS) is 26.9. The molecule has 0 spiro atoms. The van der Waals surface area contributed by atoms with E-state index < -0.39 is 0 Å². The third-order valence-corrected chi connectivity index (χ3v) is 7.33. The number of nitrogens with zero attached hydrogens (tertiary/aromatic N) is 1. The van der Waals surface area contributed by atoms with Crippen molar-refractivity contribution < 1.29 is 4.79 Å². The molecule has 1 saturated carbocycles. The highest BCUT2D eigenvalue weighted by atomic mass is 35.5. The maximum Gasteiger partial charge on any atom is 0.221 e. The highest BCUT2D eigenvalue weighted by Gasteiger charge is 2.40. The Morgan fingerprint density at radius 2 is 1.83 bits per heavy atom. The van der Waals surface area contributed by atoms with Crippen LogP contribution in [0.5, 0.6) is 0 Å². The van der Waals surface area contributed by atoms with E-state index in [2.05, 4.69) is 27.3 Å². The monoisotopic (exact) mass is 415 g/mol. The molecule has 0 bridgehead atoms. The van der Waals surface area contributed by atoms with Crippen LogP contribution >= 0.6 is 48.3 Å². The Morgan fingerprint density at radius 3 is 2.46 bits per heavy atom. The van der Waals surface area contributed by atoms with Crippen LogP contribution in [0.25, 0.3) is 0 Å². The molecule has 142 valence electrons. The van der Waals surface area contributed by atoms with E-state index in [0.717, 1.165) is 18.8 Å². The molecule has 24 heavy (non-hydrogen) atoms. The zero-order chi connectivity index (χ0) is 15.3. The molecular weight excluding hydrogens is 385 g/mol. The molecule has 3 aliphatic rings. The smallest absolute Gasteiger partial charge is 0.221 e. The lowest BCUT2D eigenvalue weighted by atomic mass is 9.94. The average molecular weight is 416 g/mol. The first-order chi connectivity index (χ1) is 10.8. The summed E-state index contributed by atoms with van der Waals surface area (Å²) in [5.74, 6) is 4.98. The van der Waals surface area contributed by atoms with E-state index in [1.807, 2.05) is 11.8 Å². The molecule has 1 aliphatic carbocycles. The number of hydrogen-bond acceptors (Lipinski definition) is 5. The highest BCUT2D eigenvalue weighted by Crippen LogP contribution is 2.36. The Bertz CT molecular complexity index is 372. The largest absolute Gasteiger partial charge is 0.354 e. The molecular formula is C16H31Cl2N3OS2. The lowest BCUT2D eigenvalue weighted by molar-refractivity contribution is -0.122. The summed E-state index contributed by atoms with van der Waals surface area (Å²) in [6, 6.07) is 0.365. The van der Waals surface area contributed by atoms with E-state index in [1.54, 1.807) is 0 Å². The van der Waals surface area contributed by atoms with E-state index in [0.29, 0.717) is 12.5 Å². The van der Waals surface area contributed by atoms with Crippen LogP contribution in [0.4, 0.5) is 0 Å². The summed E-state index contributed by atoms with van der Waals surface area (Å²) < 4.78 is 0. The van der Waals surface area contributed by atoms with E-state index in [9.17, 15) is 4.79 Å². The van der Waals surface area contributed by atoms with Crippen LogP contribution in [0, 0.1) is 0 Å². The van der Waals surface area contributed by atoms with Gasteiger partial charge in [-0.25, -0.2) is 0 Å². The van der Waals surface area contributed by atoms with Gasteiger partial charge in [-0.3, -0.25) is 9.69 Å². The molecule has 2 heterocycles. The molecule has 0 aromatic carbocycles. The van der Waals surface area contributed by atoms with Crippen LogP contribution in [-0.4, -0.2) is 71.6 Å². The number of carbonyl (C=O) groups excluding carboxylic acids is 1. The summed E-state index contributed by atoms with van der Waals surface area (Å²) in [5, 5.41) is 6.73. The number of halogens is 2. The third kappa shape index (κ3) is 6.13. The van der Waals surface area contributed by atoms with Gasteiger partial charge in [0.25, 0.3) is 0 Å². The zero-order valence-corrected chi connectivity index (χ0v) is 17.5. The van der Waals surface area contributed by atoms with E-state index in [-0.39, 0.29) is 36.3 Å². The van der Waals surface area contributed by atoms with Gasteiger partial charge >= 0.3 is 0 Å². The van der Waals surface area contributed by atoms with Gasteiger partial charge in [0.15, 0.2) is 0 Å². The molecule has 0 radical (unpaired) electrons. The summed E-state index contributed by atoms with van der Waals surface area (Å²) in [6.45, 7) is 4.29. The minimum Gasteiger partial charge on any atom is -0.354 e. The van der Waals surface area contributed by atoms with Crippen molar-refractivity contribution in [2.75, 3.05) is 49.2 Å². The van der Waals surface area contributed by atoms with Crippen molar-refractivity contribution in [2.45, 2.75) is 43.7 Å². The summed E-state index contributed by atoms with van der Waals surface area (Å²) in [7, 11) is 0. The minimum atomic E-state index is 0. The molecule has 2 saturated heterocycles.